The minimum absolute atomic E-state index is 0.234. The van der Waals surface area contributed by atoms with Crippen molar-refractivity contribution in [3.8, 4) is 0 Å². The van der Waals surface area contributed by atoms with Gasteiger partial charge in [-0.25, -0.2) is 0 Å². The Hall–Kier alpha value is -1.19. The Morgan fingerprint density at radius 3 is 2.93 bits per heavy atom. The first-order chi connectivity index (χ1) is 7.17. The molecule has 1 aliphatic carbocycles. The lowest BCUT2D eigenvalue weighted by Gasteiger charge is -2.10. The highest BCUT2D eigenvalue weighted by atomic mass is 35.5. The second-order valence-corrected chi connectivity index (χ2v) is 3.55. The van der Waals surface area contributed by atoms with Gasteiger partial charge in [0.05, 0.1) is 0 Å². The maximum absolute atomic E-state index is 9.59. The summed E-state index contributed by atoms with van der Waals surface area (Å²) in [5, 5.41) is 9.59. The highest BCUT2D eigenvalue weighted by molar-refractivity contribution is 6.25. The second kappa shape index (κ2) is 5.63. The number of aliphatic hydroxyl groups excluding tert-OH is 1. The van der Waals surface area contributed by atoms with Crippen LogP contribution in [0.5, 0.6) is 0 Å². The Morgan fingerprint density at radius 2 is 2.33 bits per heavy atom. The molecule has 0 aromatic rings. The first-order valence-corrected chi connectivity index (χ1v) is 5.17. The molecule has 0 spiro atoms. The molecule has 1 rings (SSSR count). The summed E-state index contributed by atoms with van der Waals surface area (Å²) < 4.78 is 0. The molecule has 0 bridgehead atoms. The zero-order chi connectivity index (χ0) is 11.3. The van der Waals surface area contributed by atoms with Crippen molar-refractivity contribution < 1.29 is 5.11 Å². The molecule has 5 N–H and O–H groups in total. The van der Waals surface area contributed by atoms with E-state index >= 15 is 0 Å². The first-order valence-electron chi connectivity index (χ1n) is 4.74. The lowest BCUT2D eigenvalue weighted by Crippen LogP contribution is -2.07. The molecule has 0 atom stereocenters. The molecule has 0 radical (unpaired) electrons. The normalized spacial score (nSPS) is 20.1. The summed E-state index contributed by atoms with van der Waals surface area (Å²) in [4.78, 5) is 0. The van der Waals surface area contributed by atoms with Crippen molar-refractivity contribution in [3.05, 3.63) is 46.4 Å². The van der Waals surface area contributed by atoms with E-state index in [1.54, 1.807) is 12.2 Å². The fourth-order valence-corrected chi connectivity index (χ4v) is 1.45. The molecular formula is C11H15ClN2O. The van der Waals surface area contributed by atoms with Crippen LogP contribution in [0.25, 0.3) is 0 Å². The van der Waals surface area contributed by atoms with Crippen LogP contribution in [0.4, 0.5) is 0 Å². The smallest absolute Gasteiger partial charge is 0.119 e. The Balaban J connectivity index is 2.87. The molecule has 3 nitrogen and oxygen atoms in total. The molecule has 0 saturated heterocycles. The molecule has 15 heavy (non-hydrogen) atoms. The van der Waals surface area contributed by atoms with Gasteiger partial charge in [-0.15, -0.1) is 0 Å². The van der Waals surface area contributed by atoms with Crippen LogP contribution < -0.4 is 11.5 Å². The van der Waals surface area contributed by atoms with Gasteiger partial charge < -0.3 is 16.6 Å². The predicted molar refractivity (Wildman–Crippen MR) is 63.3 cm³/mol. The lowest BCUT2D eigenvalue weighted by atomic mass is 10.0. The Labute approximate surface area is 94.4 Å². The molecule has 0 aliphatic heterocycles. The van der Waals surface area contributed by atoms with Gasteiger partial charge in [-0.05, 0) is 43.2 Å². The lowest BCUT2D eigenvalue weighted by molar-refractivity contribution is 0.422. The van der Waals surface area contributed by atoms with Crippen LogP contribution in [-0.4, -0.2) is 11.7 Å². The Bertz CT molecular complexity index is 354. The minimum atomic E-state index is 0.234. The van der Waals surface area contributed by atoms with Crippen LogP contribution in [0.15, 0.2) is 46.4 Å². The van der Waals surface area contributed by atoms with Crippen molar-refractivity contribution in [2.45, 2.75) is 12.8 Å². The van der Waals surface area contributed by atoms with Crippen LogP contribution in [0, 0.1) is 0 Å². The number of allylic oxidation sites excluding steroid dienone is 4. The maximum Gasteiger partial charge on any atom is 0.119 e. The zero-order valence-electron chi connectivity index (χ0n) is 8.41. The van der Waals surface area contributed by atoms with E-state index in [9.17, 15) is 5.11 Å². The average molecular weight is 227 g/mol. The fraction of sp³-hybridized carbons (Fsp3) is 0.273. The summed E-state index contributed by atoms with van der Waals surface area (Å²) in [5.41, 5.74) is 14.9. The van der Waals surface area contributed by atoms with Crippen LogP contribution in [0.3, 0.4) is 0 Å². The van der Waals surface area contributed by atoms with Crippen molar-refractivity contribution in [1.82, 2.24) is 0 Å². The molecule has 0 amide bonds. The third kappa shape index (κ3) is 3.46. The fourth-order valence-electron chi connectivity index (χ4n) is 1.30. The third-order valence-corrected chi connectivity index (χ3v) is 2.36. The zero-order valence-corrected chi connectivity index (χ0v) is 9.17. The highest BCUT2D eigenvalue weighted by Gasteiger charge is 2.08. The number of halogens is 1. The van der Waals surface area contributed by atoms with E-state index < -0.39 is 0 Å². The maximum atomic E-state index is 9.59. The van der Waals surface area contributed by atoms with E-state index in [1.165, 1.54) is 5.54 Å². The van der Waals surface area contributed by atoms with Gasteiger partial charge in [0.25, 0.3) is 0 Å². The van der Waals surface area contributed by atoms with E-state index in [0.717, 1.165) is 5.57 Å². The van der Waals surface area contributed by atoms with E-state index in [2.05, 4.69) is 0 Å². The molecule has 82 valence electrons. The Kier molecular flexibility index (Phi) is 4.46. The number of hydrogen-bond donors (Lipinski definition) is 3. The third-order valence-electron chi connectivity index (χ3n) is 2.08. The van der Waals surface area contributed by atoms with E-state index in [1.807, 2.05) is 6.08 Å². The van der Waals surface area contributed by atoms with Crippen molar-refractivity contribution in [2.75, 3.05) is 6.54 Å². The number of hydrogen-bond acceptors (Lipinski definition) is 3. The summed E-state index contributed by atoms with van der Waals surface area (Å²) in [5.74, 6) is 0.234. The number of rotatable bonds is 3. The van der Waals surface area contributed by atoms with Gasteiger partial charge in [-0.3, -0.25) is 0 Å². The van der Waals surface area contributed by atoms with Crippen LogP contribution in [-0.2, 0) is 0 Å². The van der Waals surface area contributed by atoms with Gasteiger partial charge in [-0.1, -0.05) is 11.6 Å². The van der Waals surface area contributed by atoms with Gasteiger partial charge in [0.15, 0.2) is 0 Å². The molecule has 0 aromatic heterocycles. The summed E-state index contributed by atoms with van der Waals surface area (Å²) >= 11 is 5.60. The van der Waals surface area contributed by atoms with E-state index in [-0.39, 0.29) is 5.76 Å². The quantitative estimate of drug-likeness (QED) is 0.690. The average Bonchev–Trinajstić information content (AvgIpc) is 2.21. The molecule has 0 aromatic carbocycles. The summed E-state index contributed by atoms with van der Waals surface area (Å²) in [6, 6.07) is 0. The molecule has 0 fully saturated rings. The Morgan fingerprint density at radius 1 is 1.60 bits per heavy atom. The number of aliphatic hydroxyl groups is 1. The van der Waals surface area contributed by atoms with Gasteiger partial charge in [0.1, 0.15) is 5.76 Å². The van der Waals surface area contributed by atoms with Crippen molar-refractivity contribution in [2.24, 2.45) is 11.5 Å². The molecule has 0 heterocycles. The van der Waals surface area contributed by atoms with Gasteiger partial charge >= 0.3 is 0 Å². The molecule has 1 aliphatic rings. The first kappa shape index (κ1) is 11.9. The van der Waals surface area contributed by atoms with Crippen LogP contribution >= 0.6 is 11.6 Å². The largest absolute Gasteiger partial charge is 0.508 e. The summed E-state index contributed by atoms with van der Waals surface area (Å²) in [6.45, 7) is 0.498. The molecule has 4 heteroatoms. The van der Waals surface area contributed by atoms with Gasteiger partial charge in [0, 0.05) is 16.8 Å². The minimum Gasteiger partial charge on any atom is -0.508 e. The van der Waals surface area contributed by atoms with Crippen molar-refractivity contribution >= 4 is 11.6 Å². The van der Waals surface area contributed by atoms with Crippen molar-refractivity contribution in [3.63, 3.8) is 0 Å². The molecular weight excluding hydrogens is 212 g/mol. The summed E-state index contributed by atoms with van der Waals surface area (Å²) in [7, 11) is 0. The van der Waals surface area contributed by atoms with Gasteiger partial charge in [0.2, 0.25) is 0 Å². The van der Waals surface area contributed by atoms with Crippen molar-refractivity contribution in [1.29, 1.82) is 0 Å². The summed E-state index contributed by atoms with van der Waals surface area (Å²) in [6.07, 6.45) is 6.49. The highest BCUT2D eigenvalue weighted by Crippen LogP contribution is 2.22. The van der Waals surface area contributed by atoms with Crippen LogP contribution in [0.1, 0.15) is 12.8 Å². The molecule has 0 unspecified atom stereocenters. The molecule has 0 saturated carbocycles. The van der Waals surface area contributed by atoms with Crippen LogP contribution in [0.2, 0.25) is 0 Å². The topological polar surface area (TPSA) is 72.3 Å². The number of nitrogens with two attached hydrogens (primary N) is 2. The second-order valence-electron chi connectivity index (χ2n) is 3.34. The standard InChI is InChI=1S/C11H15ClN2O/c12-7-8-1-2-11(15)9(5-8)6-10(14)3-4-13/h2,5-7,15H,1,3-4,13-14H2. The monoisotopic (exact) mass is 226 g/mol. The van der Waals surface area contributed by atoms with Gasteiger partial charge in [-0.2, -0.15) is 0 Å². The predicted octanol–water partition coefficient (Wildman–Crippen LogP) is 2.07. The SMILES string of the molecule is NCCC(N)=CC1=CC(=CCl)CC=C1O. The van der Waals surface area contributed by atoms with E-state index in [4.69, 9.17) is 23.1 Å². The van der Waals surface area contributed by atoms with E-state index in [0.29, 0.717) is 30.7 Å².